The van der Waals surface area contributed by atoms with E-state index in [4.69, 9.17) is 5.11 Å². The molecule has 0 aliphatic heterocycles. The van der Waals surface area contributed by atoms with E-state index in [9.17, 15) is 9.59 Å². The summed E-state index contributed by atoms with van der Waals surface area (Å²) in [5.41, 5.74) is 0.853. The highest BCUT2D eigenvalue weighted by molar-refractivity contribution is 7.20. The van der Waals surface area contributed by atoms with Crippen molar-refractivity contribution < 1.29 is 9.90 Å². The number of thiophene rings is 1. The third-order valence-electron chi connectivity index (χ3n) is 2.99. The minimum absolute atomic E-state index is 0.142. The summed E-state index contributed by atoms with van der Waals surface area (Å²) < 4.78 is 0. The van der Waals surface area contributed by atoms with Crippen LogP contribution in [0.3, 0.4) is 0 Å². The van der Waals surface area contributed by atoms with Crippen molar-refractivity contribution in [1.29, 1.82) is 0 Å². The molecule has 2 aromatic heterocycles. The highest BCUT2D eigenvalue weighted by Crippen LogP contribution is 2.27. The lowest BCUT2D eigenvalue weighted by atomic mass is 10.2. The van der Waals surface area contributed by atoms with Crippen molar-refractivity contribution in [2.75, 3.05) is 0 Å². The number of carbonyl (C=O) groups is 1. The van der Waals surface area contributed by atoms with E-state index >= 15 is 0 Å². The van der Waals surface area contributed by atoms with Gasteiger partial charge in [0.05, 0.1) is 5.39 Å². The molecule has 2 heterocycles. The maximum atomic E-state index is 12.2. The molecule has 0 bridgehead atoms. The maximum Gasteiger partial charge on any atom is 0.346 e. The van der Waals surface area contributed by atoms with Gasteiger partial charge in [-0.05, 0) is 19.4 Å². The van der Waals surface area contributed by atoms with Gasteiger partial charge in [0.25, 0.3) is 5.56 Å². The van der Waals surface area contributed by atoms with Gasteiger partial charge in [0.2, 0.25) is 0 Å². The predicted octanol–water partition coefficient (Wildman–Crippen LogP) is 4.16. The van der Waals surface area contributed by atoms with Crippen LogP contribution in [0.5, 0.6) is 0 Å². The summed E-state index contributed by atoms with van der Waals surface area (Å²) in [5.74, 6) is -0.638. The SMILES string of the molecule is C=C/C=C\C(=C/C)c1nc2sc(C(=O)O)c(C)c2c(=O)[nH]1.CC. The zero-order valence-corrected chi connectivity index (χ0v) is 14.5. The number of aromatic amines is 1. The van der Waals surface area contributed by atoms with Gasteiger partial charge in [0.1, 0.15) is 15.5 Å². The lowest BCUT2D eigenvalue weighted by Gasteiger charge is -2.01. The molecule has 0 radical (unpaired) electrons. The standard InChI is InChI=1S/C15H14N2O3S.C2H6/c1-4-6-7-9(5-2)12-16-13(18)10-8(3)11(15(19)20)21-14(10)17-12;1-2/h4-7H,1H2,2-3H3,(H,19,20)(H,16,17,18);1-2H3/b7-6-,9-5+;. The molecule has 2 rings (SSSR count). The molecule has 5 nitrogen and oxygen atoms in total. The van der Waals surface area contributed by atoms with Crippen molar-refractivity contribution in [3.05, 3.63) is 57.5 Å². The predicted molar refractivity (Wildman–Crippen MR) is 96.3 cm³/mol. The van der Waals surface area contributed by atoms with Gasteiger partial charge in [-0.1, -0.05) is 44.7 Å². The molecule has 0 saturated carbocycles. The fraction of sp³-hybridized carbons (Fsp3) is 0.235. The number of rotatable bonds is 4. The summed E-state index contributed by atoms with van der Waals surface area (Å²) in [7, 11) is 0. The number of hydrogen-bond acceptors (Lipinski definition) is 4. The highest BCUT2D eigenvalue weighted by atomic mass is 32.1. The van der Waals surface area contributed by atoms with Gasteiger partial charge in [-0.15, -0.1) is 11.3 Å². The van der Waals surface area contributed by atoms with Crippen LogP contribution in [0.15, 0.2) is 35.7 Å². The van der Waals surface area contributed by atoms with Crippen molar-refractivity contribution in [1.82, 2.24) is 9.97 Å². The molecule has 0 saturated heterocycles. The smallest absolute Gasteiger partial charge is 0.346 e. The largest absolute Gasteiger partial charge is 0.477 e. The first-order chi connectivity index (χ1) is 11.0. The second kappa shape index (κ2) is 8.24. The number of aryl methyl sites for hydroxylation is 1. The Morgan fingerprint density at radius 1 is 1.39 bits per heavy atom. The molecule has 0 unspecified atom stereocenters. The van der Waals surface area contributed by atoms with Crippen LogP contribution in [0.4, 0.5) is 0 Å². The van der Waals surface area contributed by atoms with Crippen molar-refractivity contribution >= 4 is 33.1 Å². The van der Waals surface area contributed by atoms with Crippen molar-refractivity contribution in [3.8, 4) is 0 Å². The first-order valence-electron chi connectivity index (χ1n) is 7.22. The first-order valence-corrected chi connectivity index (χ1v) is 8.03. The van der Waals surface area contributed by atoms with Gasteiger partial charge in [-0.25, -0.2) is 9.78 Å². The summed E-state index contributed by atoms with van der Waals surface area (Å²) in [4.78, 5) is 31.0. The van der Waals surface area contributed by atoms with Crippen LogP contribution in [0.25, 0.3) is 15.8 Å². The molecule has 0 aliphatic rings. The molecular formula is C17H20N2O3S. The summed E-state index contributed by atoms with van der Waals surface area (Å²) >= 11 is 1.01. The second-order valence-electron chi connectivity index (χ2n) is 4.29. The lowest BCUT2D eigenvalue weighted by molar-refractivity contribution is 0.0701. The number of aromatic nitrogens is 2. The molecule has 23 heavy (non-hydrogen) atoms. The Hall–Kier alpha value is -2.47. The van der Waals surface area contributed by atoms with Crippen molar-refractivity contribution in [3.63, 3.8) is 0 Å². The number of aromatic carboxylic acids is 1. The highest BCUT2D eigenvalue weighted by Gasteiger charge is 2.18. The molecular weight excluding hydrogens is 312 g/mol. The summed E-state index contributed by atoms with van der Waals surface area (Å²) in [5, 5.41) is 9.47. The van der Waals surface area contributed by atoms with Gasteiger partial charge in [-0.3, -0.25) is 4.79 Å². The molecule has 0 aliphatic carbocycles. The van der Waals surface area contributed by atoms with E-state index < -0.39 is 5.97 Å². The second-order valence-corrected chi connectivity index (χ2v) is 5.29. The minimum Gasteiger partial charge on any atom is -0.477 e. The van der Waals surface area contributed by atoms with E-state index in [0.717, 1.165) is 16.9 Å². The molecule has 122 valence electrons. The van der Waals surface area contributed by atoms with Gasteiger partial charge in [0, 0.05) is 5.57 Å². The number of H-pyrrole nitrogens is 1. The normalized spacial score (nSPS) is 11.4. The Kier molecular flexibility index (Phi) is 6.65. The fourth-order valence-corrected chi connectivity index (χ4v) is 2.99. The van der Waals surface area contributed by atoms with E-state index in [1.165, 1.54) is 0 Å². The van der Waals surface area contributed by atoms with Crippen LogP contribution in [-0.4, -0.2) is 21.0 Å². The van der Waals surface area contributed by atoms with E-state index in [1.807, 2.05) is 26.8 Å². The van der Waals surface area contributed by atoms with Crippen LogP contribution in [0.1, 0.15) is 41.8 Å². The monoisotopic (exact) mass is 332 g/mol. The van der Waals surface area contributed by atoms with E-state index in [-0.39, 0.29) is 10.4 Å². The minimum atomic E-state index is -1.05. The average molecular weight is 332 g/mol. The number of carboxylic acid groups (broad SMARTS) is 1. The molecule has 6 heteroatoms. The maximum absolute atomic E-state index is 12.2. The number of fused-ring (bicyclic) bond motifs is 1. The van der Waals surface area contributed by atoms with Crippen LogP contribution in [0.2, 0.25) is 0 Å². The number of allylic oxidation sites excluding steroid dienone is 5. The topological polar surface area (TPSA) is 83.0 Å². The van der Waals surface area contributed by atoms with Crippen LogP contribution >= 0.6 is 11.3 Å². The Morgan fingerprint density at radius 2 is 2.04 bits per heavy atom. The van der Waals surface area contributed by atoms with Gasteiger partial charge in [0.15, 0.2) is 0 Å². The molecule has 0 aromatic carbocycles. The molecule has 0 spiro atoms. The Balaban J connectivity index is 0.00000127. The van der Waals surface area contributed by atoms with E-state index in [2.05, 4.69) is 16.5 Å². The molecule has 0 atom stereocenters. The Labute approximate surface area is 138 Å². The summed E-state index contributed by atoms with van der Waals surface area (Å²) in [6.07, 6.45) is 6.94. The van der Waals surface area contributed by atoms with E-state index in [0.29, 0.717) is 21.6 Å². The third-order valence-corrected chi connectivity index (χ3v) is 4.16. The van der Waals surface area contributed by atoms with Crippen molar-refractivity contribution in [2.45, 2.75) is 27.7 Å². The van der Waals surface area contributed by atoms with Crippen molar-refractivity contribution in [2.24, 2.45) is 0 Å². The first kappa shape index (κ1) is 18.6. The van der Waals surface area contributed by atoms with Gasteiger partial charge in [-0.2, -0.15) is 0 Å². The Bertz CT molecular complexity index is 841. The van der Waals surface area contributed by atoms with Crippen LogP contribution in [0, 0.1) is 6.92 Å². The number of nitrogens with one attached hydrogen (secondary N) is 1. The van der Waals surface area contributed by atoms with Crippen LogP contribution < -0.4 is 5.56 Å². The Morgan fingerprint density at radius 3 is 2.57 bits per heavy atom. The molecule has 0 amide bonds. The molecule has 0 fully saturated rings. The lowest BCUT2D eigenvalue weighted by Crippen LogP contribution is -2.11. The zero-order valence-electron chi connectivity index (χ0n) is 13.6. The van der Waals surface area contributed by atoms with Gasteiger partial charge < -0.3 is 10.1 Å². The number of carboxylic acids is 1. The third kappa shape index (κ3) is 3.84. The summed E-state index contributed by atoms with van der Waals surface area (Å²) in [6.45, 7) is 11.0. The summed E-state index contributed by atoms with van der Waals surface area (Å²) in [6, 6.07) is 0. The van der Waals surface area contributed by atoms with Crippen LogP contribution in [-0.2, 0) is 0 Å². The van der Waals surface area contributed by atoms with E-state index in [1.54, 1.807) is 25.2 Å². The molecule has 2 aromatic rings. The number of nitrogens with zero attached hydrogens (tertiary/aromatic N) is 1. The fourth-order valence-electron chi connectivity index (χ4n) is 1.97. The van der Waals surface area contributed by atoms with Gasteiger partial charge >= 0.3 is 5.97 Å². The molecule has 2 N–H and O–H groups in total. The average Bonchev–Trinajstić information content (AvgIpc) is 2.88. The zero-order chi connectivity index (χ0) is 17.6. The number of hydrogen-bond donors (Lipinski definition) is 2. The quantitative estimate of drug-likeness (QED) is 0.823.